The van der Waals surface area contributed by atoms with E-state index in [1.54, 1.807) is 12.1 Å². The molecule has 1 heterocycles. The van der Waals surface area contributed by atoms with Crippen LogP contribution in [-0.2, 0) is 20.6 Å². The van der Waals surface area contributed by atoms with Crippen molar-refractivity contribution < 1.29 is 33.4 Å². The van der Waals surface area contributed by atoms with Gasteiger partial charge in [-0.15, -0.1) is 0 Å². The molecular weight excluding hydrogens is 438 g/mol. The van der Waals surface area contributed by atoms with Crippen molar-refractivity contribution in [3.63, 3.8) is 0 Å². The molecule has 0 saturated carbocycles. The largest absolute Gasteiger partial charge is 0.465 e. The number of fused-ring (bicyclic) bond motifs is 1. The van der Waals surface area contributed by atoms with Crippen LogP contribution in [-0.4, -0.2) is 38.0 Å². The number of benzene rings is 3. The van der Waals surface area contributed by atoms with Gasteiger partial charge in [-0.3, -0.25) is 4.79 Å². The van der Waals surface area contributed by atoms with Crippen LogP contribution < -0.4 is 5.32 Å². The van der Waals surface area contributed by atoms with E-state index in [0.717, 1.165) is 5.56 Å². The minimum Gasteiger partial charge on any atom is -0.465 e. The van der Waals surface area contributed by atoms with Gasteiger partial charge in [0.15, 0.2) is 0 Å². The van der Waals surface area contributed by atoms with Crippen LogP contribution in [0.3, 0.4) is 0 Å². The number of rotatable bonds is 5. The van der Waals surface area contributed by atoms with Crippen LogP contribution in [0.2, 0.25) is 0 Å². The molecule has 8 nitrogen and oxygen atoms in total. The van der Waals surface area contributed by atoms with Crippen LogP contribution in [0.1, 0.15) is 58.7 Å². The normalized spacial score (nSPS) is 14.4. The van der Waals surface area contributed by atoms with Crippen LogP contribution in [0.5, 0.6) is 0 Å². The minimum atomic E-state index is -0.675. The fraction of sp³-hybridized carbons (Fsp3) is 0.154. The third-order valence-corrected chi connectivity index (χ3v) is 5.51. The number of hydrogen-bond donors (Lipinski definition) is 1. The molecule has 0 spiro atoms. The number of anilines is 1. The molecule has 3 aromatic carbocycles. The number of hydrogen-bond acceptors (Lipinski definition) is 7. The van der Waals surface area contributed by atoms with E-state index in [4.69, 9.17) is 14.2 Å². The molecule has 1 N–H and O–H groups in total. The highest BCUT2D eigenvalue weighted by Gasteiger charge is 2.28. The molecule has 0 unspecified atom stereocenters. The van der Waals surface area contributed by atoms with Gasteiger partial charge in [0.25, 0.3) is 5.91 Å². The highest BCUT2D eigenvalue weighted by molar-refractivity contribution is 6.09. The van der Waals surface area contributed by atoms with Crippen LogP contribution in [0, 0.1) is 0 Å². The van der Waals surface area contributed by atoms with E-state index in [-0.39, 0.29) is 22.4 Å². The fourth-order valence-electron chi connectivity index (χ4n) is 3.77. The van der Waals surface area contributed by atoms with Gasteiger partial charge < -0.3 is 19.5 Å². The van der Waals surface area contributed by atoms with Gasteiger partial charge in [-0.1, -0.05) is 30.3 Å². The summed E-state index contributed by atoms with van der Waals surface area (Å²) < 4.78 is 15.0. The lowest BCUT2D eigenvalue weighted by Crippen LogP contribution is -2.23. The van der Waals surface area contributed by atoms with Crippen molar-refractivity contribution >= 4 is 29.5 Å². The second kappa shape index (κ2) is 9.58. The Bertz CT molecular complexity index is 1280. The molecule has 1 amide bonds. The number of nitrogens with one attached hydrogen (secondary N) is 1. The molecular formula is C26H21NO7. The number of esters is 3. The second-order valence-corrected chi connectivity index (χ2v) is 7.58. The van der Waals surface area contributed by atoms with Crippen molar-refractivity contribution in [3.8, 4) is 0 Å². The molecule has 34 heavy (non-hydrogen) atoms. The zero-order valence-electron chi connectivity index (χ0n) is 18.5. The summed E-state index contributed by atoms with van der Waals surface area (Å²) in [5.41, 5.74) is 2.54. The molecule has 3 aromatic rings. The summed E-state index contributed by atoms with van der Waals surface area (Å²) in [5, 5.41) is 2.66. The first-order valence-corrected chi connectivity index (χ1v) is 10.4. The fourth-order valence-corrected chi connectivity index (χ4v) is 3.77. The smallest absolute Gasteiger partial charge is 0.339 e. The maximum absolute atomic E-state index is 13.1. The summed E-state index contributed by atoms with van der Waals surface area (Å²) in [6, 6.07) is 18.2. The predicted octanol–water partition coefficient (Wildman–Crippen LogP) is 3.97. The zero-order valence-corrected chi connectivity index (χ0v) is 18.5. The van der Waals surface area contributed by atoms with E-state index in [9.17, 15) is 19.2 Å². The molecule has 0 saturated heterocycles. The topological polar surface area (TPSA) is 108 Å². The van der Waals surface area contributed by atoms with Crippen LogP contribution in [0.15, 0.2) is 66.7 Å². The average Bonchev–Trinajstić information content (AvgIpc) is 2.87. The maximum Gasteiger partial charge on any atom is 0.339 e. The Balaban J connectivity index is 1.63. The number of methoxy groups -OCH3 is 2. The number of amides is 1. The predicted molar refractivity (Wildman–Crippen MR) is 122 cm³/mol. The molecule has 1 atom stereocenters. The minimum absolute atomic E-state index is 0.0779. The SMILES string of the molecule is COC(=O)c1ccc(C(=O)OC)c(NC(=O)c2ccc3c(c2)C[C@H](c2ccccc2)OC3=O)c1. The van der Waals surface area contributed by atoms with E-state index in [1.807, 2.05) is 30.3 Å². The van der Waals surface area contributed by atoms with Crippen molar-refractivity contribution in [2.45, 2.75) is 12.5 Å². The Morgan fingerprint density at radius 3 is 2.29 bits per heavy atom. The van der Waals surface area contributed by atoms with Gasteiger partial charge in [-0.05, 0) is 47.5 Å². The molecule has 0 aromatic heterocycles. The van der Waals surface area contributed by atoms with Crippen molar-refractivity contribution in [2.75, 3.05) is 19.5 Å². The molecule has 1 aliphatic heterocycles. The summed E-state index contributed by atoms with van der Waals surface area (Å²) in [5.74, 6) is -2.28. The average molecular weight is 459 g/mol. The highest BCUT2D eigenvalue weighted by atomic mass is 16.5. The third-order valence-electron chi connectivity index (χ3n) is 5.51. The number of ether oxygens (including phenoxy) is 3. The number of carbonyl (C=O) groups excluding carboxylic acids is 4. The second-order valence-electron chi connectivity index (χ2n) is 7.58. The summed E-state index contributed by atoms with van der Waals surface area (Å²) in [6.07, 6.45) is -0.0422. The monoisotopic (exact) mass is 459 g/mol. The van der Waals surface area contributed by atoms with Gasteiger partial charge in [-0.25, -0.2) is 14.4 Å². The van der Waals surface area contributed by atoms with E-state index in [2.05, 4.69) is 5.32 Å². The van der Waals surface area contributed by atoms with Gasteiger partial charge in [0.05, 0.1) is 36.6 Å². The Labute approximate surface area is 195 Å². The summed E-state index contributed by atoms with van der Waals surface area (Å²) in [4.78, 5) is 49.6. The first kappa shape index (κ1) is 22.7. The summed E-state index contributed by atoms with van der Waals surface area (Å²) in [6.45, 7) is 0. The van der Waals surface area contributed by atoms with Crippen molar-refractivity contribution in [1.82, 2.24) is 0 Å². The quantitative estimate of drug-likeness (QED) is 0.454. The van der Waals surface area contributed by atoms with Crippen LogP contribution in [0.25, 0.3) is 0 Å². The Kier molecular flexibility index (Phi) is 6.40. The first-order valence-electron chi connectivity index (χ1n) is 10.4. The molecule has 0 aliphatic carbocycles. The first-order chi connectivity index (χ1) is 16.4. The van der Waals surface area contributed by atoms with E-state index >= 15 is 0 Å². The van der Waals surface area contributed by atoms with E-state index in [0.29, 0.717) is 17.5 Å². The maximum atomic E-state index is 13.1. The van der Waals surface area contributed by atoms with Gasteiger partial charge in [0, 0.05) is 12.0 Å². The van der Waals surface area contributed by atoms with Gasteiger partial charge in [0.2, 0.25) is 0 Å². The highest BCUT2D eigenvalue weighted by Crippen LogP contribution is 2.31. The lowest BCUT2D eigenvalue weighted by Gasteiger charge is -2.25. The lowest BCUT2D eigenvalue weighted by molar-refractivity contribution is 0.0252. The van der Waals surface area contributed by atoms with Crippen molar-refractivity contribution in [3.05, 3.63) is 100 Å². The van der Waals surface area contributed by atoms with Crippen molar-refractivity contribution in [1.29, 1.82) is 0 Å². The summed E-state index contributed by atoms with van der Waals surface area (Å²) in [7, 11) is 2.45. The van der Waals surface area contributed by atoms with E-state index in [1.165, 1.54) is 38.5 Å². The van der Waals surface area contributed by atoms with Gasteiger partial charge in [0.1, 0.15) is 6.10 Å². The molecule has 0 bridgehead atoms. The zero-order chi connectivity index (χ0) is 24.2. The Morgan fingerprint density at radius 1 is 0.882 bits per heavy atom. The molecule has 8 heteroatoms. The standard InChI is InChI=1S/C26H21NO7/c1-32-24(29)17-9-11-20(25(30)33-2)21(13-17)27-23(28)16-8-10-19-18(12-16)14-22(34-26(19)31)15-6-4-3-5-7-15/h3-13,22H,14H2,1-2H3,(H,27,28)/t22-/m1/s1. The van der Waals surface area contributed by atoms with Crippen molar-refractivity contribution in [2.24, 2.45) is 0 Å². The number of carbonyl (C=O) groups is 4. The van der Waals surface area contributed by atoms with Gasteiger partial charge in [-0.2, -0.15) is 0 Å². The van der Waals surface area contributed by atoms with E-state index < -0.39 is 29.9 Å². The molecule has 0 fully saturated rings. The number of cyclic esters (lactones) is 1. The van der Waals surface area contributed by atoms with Crippen LogP contribution in [0.4, 0.5) is 5.69 Å². The third kappa shape index (κ3) is 4.52. The van der Waals surface area contributed by atoms with Gasteiger partial charge >= 0.3 is 17.9 Å². The molecule has 4 rings (SSSR count). The lowest BCUT2D eigenvalue weighted by atomic mass is 9.93. The van der Waals surface area contributed by atoms with Crippen LogP contribution >= 0.6 is 0 Å². The molecule has 172 valence electrons. The Morgan fingerprint density at radius 2 is 1.59 bits per heavy atom. The Hall–Kier alpha value is -4.46. The molecule has 0 radical (unpaired) electrons. The molecule has 1 aliphatic rings. The summed E-state index contributed by atoms with van der Waals surface area (Å²) >= 11 is 0.